The van der Waals surface area contributed by atoms with Gasteiger partial charge in [0.25, 0.3) is 0 Å². The summed E-state index contributed by atoms with van der Waals surface area (Å²) in [4.78, 5) is 49.9. The van der Waals surface area contributed by atoms with Gasteiger partial charge >= 0.3 is 0 Å². The van der Waals surface area contributed by atoms with Gasteiger partial charge in [0.2, 0.25) is 17.7 Å². The van der Waals surface area contributed by atoms with Crippen LogP contribution >= 0.6 is 0 Å². The molecule has 0 N–H and O–H groups in total. The fourth-order valence-corrected chi connectivity index (χ4v) is 5.86. The molecule has 3 aliphatic rings. The molecule has 8 heteroatoms. The van der Waals surface area contributed by atoms with Gasteiger partial charge in [-0.1, -0.05) is 31.0 Å². The van der Waals surface area contributed by atoms with E-state index in [0.717, 1.165) is 18.7 Å². The lowest BCUT2D eigenvalue weighted by Crippen LogP contribution is -2.53. The number of halogens is 1. The maximum absolute atomic E-state index is 14.2. The van der Waals surface area contributed by atoms with Gasteiger partial charge in [0.05, 0.1) is 12.0 Å². The Labute approximate surface area is 204 Å². The number of hydrogen-bond acceptors (Lipinski definition) is 5. The number of piperazine rings is 1. The number of likely N-dealkylation sites (tertiary alicyclic amines) is 1. The first-order chi connectivity index (χ1) is 17.0. The lowest BCUT2D eigenvalue weighted by Gasteiger charge is -2.39. The Morgan fingerprint density at radius 1 is 1.06 bits per heavy atom. The van der Waals surface area contributed by atoms with Gasteiger partial charge < -0.3 is 4.90 Å². The Morgan fingerprint density at radius 2 is 1.83 bits per heavy atom. The Balaban J connectivity index is 1.36. The van der Waals surface area contributed by atoms with E-state index < -0.39 is 17.1 Å². The molecule has 7 nitrogen and oxygen atoms in total. The highest BCUT2D eigenvalue weighted by Gasteiger charge is 2.54. The zero-order valence-corrected chi connectivity index (χ0v) is 19.9. The molecule has 1 aromatic carbocycles. The summed E-state index contributed by atoms with van der Waals surface area (Å²) in [7, 11) is 0. The van der Waals surface area contributed by atoms with Gasteiger partial charge in [0, 0.05) is 57.5 Å². The highest BCUT2D eigenvalue weighted by atomic mass is 19.1. The Bertz CT molecular complexity index is 1100. The quantitative estimate of drug-likeness (QED) is 0.597. The van der Waals surface area contributed by atoms with E-state index in [1.807, 2.05) is 0 Å². The fourth-order valence-electron chi connectivity index (χ4n) is 5.86. The molecule has 184 valence electrons. The summed E-state index contributed by atoms with van der Waals surface area (Å²) in [5.74, 6) is -1.47. The summed E-state index contributed by atoms with van der Waals surface area (Å²) in [6.07, 6.45) is 7.92. The van der Waals surface area contributed by atoms with Gasteiger partial charge in [0.1, 0.15) is 5.82 Å². The van der Waals surface area contributed by atoms with E-state index in [1.54, 1.807) is 35.5 Å². The van der Waals surface area contributed by atoms with Crippen molar-refractivity contribution in [2.24, 2.45) is 0 Å². The van der Waals surface area contributed by atoms with Crippen LogP contribution < -0.4 is 0 Å². The molecular weight excluding hydrogens is 447 g/mol. The van der Waals surface area contributed by atoms with E-state index in [4.69, 9.17) is 0 Å². The lowest BCUT2D eigenvalue weighted by atomic mass is 9.75. The predicted octanol–water partition coefficient (Wildman–Crippen LogP) is 2.89. The average molecular weight is 479 g/mol. The normalized spacial score (nSPS) is 23.9. The zero-order valence-electron chi connectivity index (χ0n) is 19.9. The number of benzene rings is 1. The van der Waals surface area contributed by atoms with Crippen molar-refractivity contribution in [2.45, 2.75) is 56.5 Å². The molecule has 3 fully saturated rings. The van der Waals surface area contributed by atoms with Crippen molar-refractivity contribution >= 4 is 17.7 Å². The minimum atomic E-state index is -1.40. The molecule has 3 amide bonds. The molecule has 2 aliphatic heterocycles. The number of imide groups is 1. The van der Waals surface area contributed by atoms with Gasteiger partial charge in [-0.25, -0.2) is 4.39 Å². The molecule has 0 spiro atoms. The molecule has 1 aromatic heterocycles. The van der Waals surface area contributed by atoms with Crippen LogP contribution in [0.3, 0.4) is 0 Å². The molecule has 1 saturated carbocycles. The van der Waals surface area contributed by atoms with E-state index in [2.05, 4.69) is 9.88 Å². The monoisotopic (exact) mass is 478 g/mol. The third-order valence-electron chi connectivity index (χ3n) is 7.81. The van der Waals surface area contributed by atoms with Gasteiger partial charge in [-0.3, -0.25) is 29.2 Å². The van der Waals surface area contributed by atoms with Crippen LogP contribution in [0.1, 0.15) is 49.7 Å². The van der Waals surface area contributed by atoms with Crippen LogP contribution in [-0.4, -0.2) is 69.6 Å². The smallest absolute Gasteiger partial charge is 0.241 e. The summed E-state index contributed by atoms with van der Waals surface area (Å²) in [5.41, 5.74) is -0.304. The number of aromatic nitrogens is 1. The molecule has 5 rings (SSSR count). The predicted molar refractivity (Wildman–Crippen MR) is 128 cm³/mol. The topological polar surface area (TPSA) is 73.8 Å². The number of amides is 3. The summed E-state index contributed by atoms with van der Waals surface area (Å²) in [5, 5.41) is 0. The van der Waals surface area contributed by atoms with Gasteiger partial charge in [-0.15, -0.1) is 0 Å². The van der Waals surface area contributed by atoms with Crippen molar-refractivity contribution in [2.75, 3.05) is 26.2 Å². The minimum absolute atomic E-state index is 0.0802. The summed E-state index contributed by atoms with van der Waals surface area (Å²) in [6, 6.07) is 9.91. The number of pyridine rings is 1. The number of carbonyl (C=O) groups excluding carboxylic acids is 3. The largest absolute Gasteiger partial charge is 0.340 e. The molecule has 1 atom stereocenters. The van der Waals surface area contributed by atoms with Crippen LogP contribution in [0, 0.1) is 5.82 Å². The second-order valence-electron chi connectivity index (χ2n) is 9.95. The first-order valence-electron chi connectivity index (χ1n) is 12.5. The minimum Gasteiger partial charge on any atom is -0.340 e. The zero-order chi connectivity index (χ0) is 24.4. The number of rotatable bonds is 6. The first-order valence-corrected chi connectivity index (χ1v) is 12.5. The van der Waals surface area contributed by atoms with E-state index in [-0.39, 0.29) is 31.2 Å². The fraction of sp³-hybridized carbons (Fsp3) is 0.481. The molecule has 0 bridgehead atoms. The van der Waals surface area contributed by atoms with E-state index in [9.17, 15) is 18.8 Å². The van der Waals surface area contributed by atoms with Crippen molar-refractivity contribution in [1.82, 2.24) is 19.7 Å². The van der Waals surface area contributed by atoms with Crippen molar-refractivity contribution in [3.8, 4) is 0 Å². The van der Waals surface area contributed by atoms with Crippen LogP contribution in [0.2, 0.25) is 0 Å². The lowest BCUT2D eigenvalue weighted by molar-refractivity contribution is -0.143. The number of nitrogens with zero attached hydrogens (tertiary/aromatic N) is 4. The van der Waals surface area contributed by atoms with Gasteiger partial charge in [-0.2, -0.15) is 0 Å². The summed E-state index contributed by atoms with van der Waals surface area (Å²) < 4.78 is 14.2. The van der Waals surface area contributed by atoms with E-state index >= 15 is 0 Å². The highest BCUT2D eigenvalue weighted by molar-refractivity contribution is 6.10. The summed E-state index contributed by atoms with van der Waals surface area (Å²) in [6.45, 7) is 2.94. The van der Waals surface area contributed by atoms with Crippen LogP contribution in [0.4, 0.5) is 4.39 Å². The van der Waals surface area contributed by atoms with Gasteiger partial charge in [-0.05, 0) is 42.2 Å². The van der Waals surface area contributed by atoms with E-state index in [0.29, 0.717) is 24.7 Å². The maximum Gasteiger partial charge on any atom is 0.241 e. The molecule has 35 heavy (non-hydrogen) atoms. The highest BCUT2D eigenvalue weighted by Crippen LogP contribution is 2.41. The molecule has 2 aromatic rings. The van der Waals surface area contributed by atoms with Crippen LogP contribution in [0.25, 0.3) is 0 Å². The molecule has 2 saturated heterocycles. The molecule has 1 aliphatic carbocycles. The maximum atomic E-state index is 14.2. The first kappa shape index (κ1) is 23.6. The summed E-state index contributed by atoms with van der Waals surface area (Å²) >= 11 is 0. The Hall–Kier alpha value is -3.13. The van der Waals surface area contributed by atoms with Crippen molar-refractivity contribution in [3.05, 3.63) is 65.7 Å². The average Bonchev–Trinajstić information content (AvgIpc) is 3.49. The van der Waals surface area contributed by atoms with Crippen LogP contribution in [0.5, 0.6) is 0 Å². The molecule has 0 unspecified atom stereocenters. The van der Waals surface area contributed by atoms with Crippen LogP contribution in [-0.2, 0) is 26.3 Å². The second-order valence-corrected chi connectivity index (χ2v) is 9.95. The van der Waals surface area contributed by atoms with Crippen molar-refractivity contribution in [3.63, 3.8) is 0 Å². The number of carbonyl (C=O) groups is 3. The molecule has 0 radical (unpaired) electrons. The Morgan fingerprint density at radius 3 is 2.51 bits per heavy atom. The van der Waals surface area contributed by atoms with Crippen molar-refractivity contribution in [1.29, 1.82) is 0 Å². The SMILES string of the molecule is O=C(C[C@@]1(c2cccc(F)c2)CC(=O)N(Cc2cccnc2)C1=O)N1CCN(C2CCCC2)CC1. The molecule has 3 heterocycles. The standard InChI is InChI=1S/C27H31FN4O3/c28-22-7-3-6-21(15-22)27(17-25(34)32(26(27)35)19-20-5-4-10-29-18-20)16-24(33)31-13-11-30(12-14-31)23-8-1-2-9-23/h3-7,10,15,18,23H,1-2,8-9,11-14,16-17,19H2/t27-/m0/s1. The van der Waals surface area contributed by atoms with Crippen LogP contribution in [0.15, 0.2) is 48.8 Å². The number of hydrogen-bond donors (Lipinski definition) is 0. The van der Waals surface area contributed by atoms with E-state index in [1.165, 1.54) is 48.8 Å². The Kier molecular flexibility index (Phi) is 6.65. The third-order valence-corrected chi connectivity index (χ3v) is 7.81. The third kappa shape index (κ3) is 4.72. The van der Waals surface area contributed by atoms with Crippen molar-refractivity contribution < 1.29 is 18.8 Å². The second kappa shape index (κ2) is 9.85. The van der Waals surface area contributed by atoms with Gasteiger partial charge in [0.15, 0.2) is 0 Å². The molecular formula is C27H31FN4O3.